The largest absolute Gasteiger partial charge is 0.394 e. The van der Waals surface area contributed by atoms with Crippen LogP contribution in [0.15, 0.2) is 65.9 Å². The summed E-state index contributed by atoms with van der Waals surface area (Å²) in [5, 5.41) is 42.4. The number of carbonyl (C=O) groups is 15. The molecule has 38 nitrogen and oxygen atoms in total. The van der Waals surface area contributed by atoms with E-state index in [1.54, 1.807) is 88.6 Å². The zero-order valence-electron chi connectivity index (χ0n) is 62.6. The standard InChI is InChI=1S/C71H110N22O16/c1-8-38(6)59(70(109)88-50(29-40-32-80-44-19-11-9-17-42(40)44)65(104)85-46(60(76)99)24-25-54(74)96)93-66(105)51(30-41-33-81-45-20-12-10-18-43(41)45)87-63(102)48(22-15-27-73)84-56(98)34-82-61(100)52(31-55(75)97)89-68(107)57(36(2)3)92-67(106)53(35-94)90-69(108)58(37(4)5)91-64(103)49(21-13-14-26-72)86-62(101)47(83-39(7)95)23-16-28-79-71(77)78/h9-12,17-20,32-33,36-38,46-53,57-59,80-81,94H,8,13-16,21-31,34-35,72-73H2,1-7H3,(H2,74,96)(H2,75,97)(H2,76,99)(H,82,100)(H,83,95)(H,84,98)(H,85,104)(H,86,101)(H,87,102)(H,88,109)(H,89,107)(H,90,108)(H,91,103)(H,92,106)(H,93,105)(H4,77,78,79)/t38-,46-,47-,48-,49-,50-,51-,52-,53-,57-,58-,59-/m0/s1. The molecule has 0 saturated carbocycles. The van der Waals surface area contributed by atoms with Crippen molar-refractivity contribution >= 4 is 116 Å². The number of rotatable bonds is 49. The number of aromatic amines is 2. The zero-order valence-corrected chi connectivity index (χ0v) is 62.6. The number of hydrogen-bond acceptors (Lipinski definition) is 19. The van der Waals surface area contributed by atoms with E-state index in [4.69, 9.17) is 40.1 Å². The van der Waals surface area contributed by atoms with Crippen molar-refractivity contribution in [3.8, 4) is 0 Å². The van der Waals surface area contributed by atoms with Gasteiger partial charge in [0.15, 0.2) is 5.96 Å². The molecule has 600 valence electrons. The van der Waals surface area contributed by atoms with Crippen LogP contribution in [0.1, 0.15) is 130 Å². The number of para-hydroxylation sites is 2. The lowest BCUT2D eigenvalue weighted by Gasteiger charge is -2.29. The fourth-order valence-electron chi connectivity index (χ4n) is 11.7. The van der Waals surface area contributed by atoms with Gasteiger partial charge < -0.3 is 119 Å². The molecule has 0 saturated heterocycles. The molecule has 109 heavy (non-hydrogen) atoms. The molecule has 0 radical (unpaired) electrons. The number of benzene rings is 2. The summed E-state index contributed by atoms with van der Waals surface area (Å²) < 4.78 is 0. The Morgan fingerprint density at radius 1 is 0.450 bits per heavy atom. The van der Waals surface area contributed by atoms with E-state index >= 15 is 0 Å². The van der Waals surface area contributed by atoms with Crippen LogP contribution in [0.5, 0.6) is 0 Å². The molecule has 38 heteroatoms. The van der Waals surface area contributed by atoms with Crippen molar-refractivity contribution in [1.82, 2.24) is 73.8 Å². The predicted molar refractivity (Wildman–Crippen MR) is 403 cm³/mol. The first-order valence-electron chi connectivity index (χ1n) is 36.2. The van der Waals surface area contributed by atoms with Gasteiger partial charge in [0.1, 0.15) is 66.5 Å². The summed E-state index contributed by atoms with van der Waals surface area (Å²) in [6.07, 6.45) is 3.12. The quantitative estimate of drug-likeness (QED) is 0.0112. The van der Waals surface area contributed by atoms with Gasteiger partial charge in [-0.1, -0.05) is 84.4 Å². The number of carbonyl (C=O) groups excluding carboxylic acids is 15. The molecule has 2 aromatic heterocycles. The number of fused-ring (bicyclic) bond motifs is 2. The second kappa shape index (κ2) is 45.4. The van der Waals surface area contributed by atoms with E-state index in [1.165, 1.54) is 20.8 Å². The number of aliphatic hydroxyl groups is 1. The third kappa shape index (κ3) is 29.8. The molecule has 0 bridgehead atoms. The van der Waals surface area contributed by atoms with E-state index in [-0.39, 0.29) is 83.4 Å². The van der Waals surface area contributed by atoms with Crippen molar-refractivity contribution < 1.29 is 77.0 Å². The van der Waals surface area contributed by atoms with Crippen LogP contribution in [0.2, 0.25) is 0 Å². The molecule has 0 spiro atoms. The maximum absolute atomic E-state index is 14.9. The van der Waals surface area contributed by atoms with Gasteiger partial charge >= 0.3 is 0 Å². The van der Waals surface area contributed by atoms with Crippen LogP contribution >= 0.6 is 0 Å². The Bertz CT molecular complexity index is 3840. The van der Waals surface area contributed by atoms with Gasteiger partial charge in [-0.25, -0.2) is 0 Å². The second-order valence-corrected chi connectivity index (χ2v) is 27.3. The van der Waals surface area contributed by atoms with Gasteiger partial charge in [-0.2, -0.15) is 0 Å². The van der Waals surface area contributed by atoms with Gasteiger partial charge in [0.05, 0.1) is 19.6 Å². The van der Waals surface area contributed by atoms with Gasteiger partial charge in [0, 0.05) is 66.9 Å². The first kappa shape index (κ1) is 90.1. The van der Waals surface area contributed by atoms with Gasteiger partial charge in [-0.15, -0.1) is 0 Å². The summed E-state index contributed by atoms with van der Waals surface area (Å²) in [4.78, 5) is 215. The summed E-state index contributed by atoms with van der Waals surface area (Å²) in [5.74, 6) is -15.9. The van der Waals surface area contributed by atoms with E-state index in [9.17, 15) is 77.0 Å². The molecule has 2 heterocycles. The van der Waals surface area contributed by atoms with E-state index in [1.807, 2.05) is 0 Å². The number of hydrogen-bond donors (Lipinski definition) is 22. The summed E-state index contributed by atoms with van der Waals surface area (Å²) in [5.41, 5.74) is 41.4. The number of unbranched alkanes of at least 4 members (excludes halogenated alkanes) is 1. The molecule has 12 atom stereocenters. The molecule has 15 amide bonds. The fraction of sp³-hybridized carbons (Fsp3) is 0.549. The minimum atomic E-state index is -1.80. The van der Waals surface area contributed by atoms with Gasteiger partial charge in [-0.05, 0) is 105 Å². The lowest BCUT2D eigenvalue weighted by molar-refractivity contribution is -0.137. The molecular formula is C71H110N22O16. The monoisotopic (exact) mass is 1530 g/mol. The van der Waals surface area contributed by atoms with Gasteiger partial charge in [0.2, 0.25) is 88.6 Å². The minimum absolute atomic E-state index is 0.0223. The molecule has 0 aliphatic carbocycles. The number of primary amides is 3. The smallest absolute Gasteiger partial charge is 0.245 e. The number of amides is 15. The maximum atomic E-state index is 14.9. The summed E-state index contributed by atoms with van der Waals surface area (Å²) >= 11 is 0. The van der Waals surface area contributed by atoms with E-state index in [2.05, 4.69) is 78.8 Å². The van der Waals surface area contributed by atoms with Crippen LogP contribution in [0.25, 0.3) is 21.8 Å². The van der Waals surface area contributed by atoms with Crippen molar-refractivity contribution in [2.24, 2.45) is 62.9 Å². The van der Waals surface area contributed by atoms with Gasteiger partial charge in [0.25, 0.3) is 0 Å². The number of nitrogens with zero attached hydrogens (tertiary/aromatic N) is 1. The zero-order chi connectivity index (χ0) is 81.2. The first-order valence-corrected chi connectivity index (χ1v) is 36.2. The lowest BCUT2D eigenvalue weighted by Crippen LogP contribution is -2.62. The normalized spacial score (nSPS) is 14.5. The predicted octanol–water partition coefficient (Wildman–Crippen LogP) is -5.20. The Hall–Kier alpha value is -11.3. The first-order chi connectivity index (χ1) is 51.6. The van der Waals surface area contributed by atoms with Crippen LogP contribution in [0.4, 0.5) is 0 Å². The minimum Gasteiger partial charge on any atom is -0.394 e. The highest BCUT2D eigenvalue weighted by Crippen LogP contribution is 2.23. The fourth-order valence-corrected chi connectivity index (χ4v) is 11.7. The molecule has 29 N–H and O–H groups in total. The van der Waals surface area contributed by atoms with Crippen LogP contribution in [-0.4, -0.2) is 209 Å². The van der Waals surface area contributed by atoms with Crippen LogP contribution in [-0.2, 0) is 84.8 Å². The highest BCUT2D eigenvalue weighted by atomic mass is 16.3. The highest BCUT2D eigenvalue weighted by Gasteiger charge is 2.38. The Kier molecular flexibility index (Phi) is 37.5. The summed E-state index contributed by atoms with van der Waals surface area (Å²) in [7, 11) is 0. The summed E-state index contributed by atoms with van der Waals surface area (Å²) in [6.45, 7) is 9.27. The molecular weight excluding hydrogens is 1420 g/mol. The van der Waals surface area contributed by atoms with Crippen molar-refractivity contribution in [2.45, 2.75) is 198 Å². The molecule has 2 aromatic carbocycles. The van der Waals surface area contributed by atoms with Crippen LogP contribution in [0.3, 0.4) is 0 Å². The molecule has 0 aliphatic heterocycles. The van der Waals surface area contributed by atoms with Crippen molar-refractivity contribution in [3.05, 3.63) is 72.1 Å². The third-order valence-electron chi connectivity index (χ3n) is 17.9. The molecule has 0 unspecified atom stereocenters. The van der Waals surface area contributed by atoms with E-state index in [0.29, 0.717) is 52.2 Å². The Labute approximate surface area is 630 Å². The maximum Gasteiger partial charge on any atom is 0.245 e. The number of aliphatic imine (C=N–C) groups is 1. The number of guanidine groups is 1. The average Bonchev–Trinajstić information content (AvgIpc) is 1.67. The third-order valence-corrected chi connectivity index (χ3v) is 17.9. The van der Waals surface area contributed by atoms with Crippen LogP contribution in [0, 0.1) is 17.8 Å². The topological polar surface area (TPSA) is 647 Å². The molecule has 0 fully saturated rings. The van der Waals surface area contributed by atoms with Crippen molar-refractivity contribution in [3.63, 3.8) is 0 Å². The lowest BCUT2D eigenvalue weighted by atomic mass is 9.96. The summed E-state index contributed by atoms with van der Waals surface area (Å²) in [6, 6.07) is -1.67. The number of aromatic nitrogens is 2. The number of nitrogens with two attached hydrogens (primary N) is 7. The number of nitrogens with one attached hydrogen (secondary N) is 14. The molecule has 4 aromatic rings. The van der Waals surface area contributed by atoms with E-state index in [0.717, 1.165) is 0 Å². The Morgan fingerprint density at radius 2 is 0.872 bits per heavy atom. The van der Waals surface area contributed by atoms with Crippen LogP contribution < -0.4 is 104 Å². The second-order valence-electron chi connectivity index (χ2n) is 27.3. The molecule has 4 rings (SSSR count). The van der Waals surface area contributed by atoms with E-state index < -0.39 is 192 Å². The highest BCUT2D eigenvalue weighted by molar-refractivity contribution is 6.01. The average molecular weight is 1530 g/mol. The Balaban J connectivity index is 1.52. The number of H-pyrrole nitrogens is 2. The number of aliphatic hydroxyl groups excluding tert-OH is 1. The van der Waals surface area contributed by atoms with Crippen molar-refractivity contribution in [2.75, 3.05) is 32.8 Å². The SMILES string of the molecule is CC[C@H](C)[C@H](NC(=O)[C@H](Cc1c[nH]c2ccccc12)NC(=O)[C@H](CCCN)NC(=O)CNC(=O)[C@H](CC(N)=O)NC(=O)[C@@H](NC(=O)[C@H](CO)NC(=O)[C@@H](NC(=O)[C@H](CCCCN)NC(=O)[C@H](CCCN=C(N)N)NC(C)=O)C(C)C)C(C)C)C(=O)N[C@@H](Cc1c[nH]c2ccccc12)C(=O)N[C@@H](CCC(N)=O)C(N)=O. The molecule has 0 aliphatic rings. The van der Waals surface area contributed by atoms with Crippen molar-refractivity contribution in [1.29, 1.82) is 0 Å². The van der Waals surface area contributed by atoms with Gasteiger partial charge in [-0.3, -0.25) is 76.9 Å². The Morgan fingerprint density at radius 3 is 1.36 bits per heavy atom.